The molecule has 3 nitrogen and oxygen atoms in total. The highest BCUT2D eigenvalue weighted by molar-refractivity contribution is 6.16. The lowest BCUT2D eigenvalue weighted by Crippen LogP contribution is -2.11. The number of aromatic amines is 1. The second-order valence-electron chi connectivity index (χ2n) is 9.43. The minimum absolute atomic E-state index is 0.128. The zero-order chi connectivity index (χ0) is 19.4. The molecule has 3 heteroatoms. The number of benzene rings is 2. The van der Waals surface area contributed by atoms with E-state index in [1.54, 1.807) is 0 Å². The van der Waals surface area contributed by atoms with Crippen LogP contribution in [-0.2, 0) is 10.8 Å². The van der Waals surface area contributed by atoms with Crippen molar-refractivity contribution in [3.63, 3.8) is 0 Å². The Hall–Kier alpha value is -2.68. The van der Waals surface area contributed by atoms with E-state index in [4.69, 9.17) is 4.99 Å². The van der Waals surface area contributed by atoms with E-state index in [1.165, 1.54) is 16.5 Å². The summed E-state index contributed by atoms with van der Waals surface area (Å²) in [6.45, 7) is 13.4. The van der Waals surface area contributed by atoms with Gasteiger partial charge >= 0.3 is 0 Å². The molecule has 4 rings (SSSR count). The quantitative estimate of drug-likeness (QED) is 0.533. The standard InChI is InChI=1S/C24H27N3/c1-23(2,3)17-7-9-19-15(11-17)13-25-21(19)27-22-20-10-8-18(24(4,5)6)12-16(20)14-26-22/h7-14,25H,1-6H3/b27-22+. The smallest absolute Gasteiger partial charge is 0.162 e. The lowest BCUT2D eigenvalue weighted by Gasteiger charge is -2.19. The zero-order valence-corrected chi connectivity index (χ0v) is 17.0. The first-order chi connectivity index (χ1) is 12.6. The van der Waals surface area contributed by atoms with Gasteiger partial charge in [0.15, 0.2) is 5.84 Å². The lowest BCUT2D eigenvalue weighted by atomic mass is 9.85. The first-order valence-corrected chi connectivity index (χ1v) is 9.52. The summed E-state index contributed by atoms with van der Waals surface area (Å²) in [6, 6.07) is 13.2. The molecule has 2 heterocycles. The van der Waals surface area contributed by atoms with Gasteiger partial charge in [-0.2, -0.15) is 0 Å². The molecule has 0 amide bonds. The fraction of sp³-hybridized carbons (Fsp3) is 0.333. The first kappa shape index (κ1) is 17.7. The average Bonchev–Trinajstić information content (AvgIpc) is 3.17. The SMILES string of the molecule is CC(C)(C)c1ccc2c(c1)C=N/C2=N/c1[nH]cc2cc(C(C)(C)C)ccc12. The third kappa shape index (κ3) is 3.23. The maximum Gasteiger partial charge on any atom is 0.162 e. The van der Waals surface area contributed by atoms with Gasteiger partial charge in [0.25, 0.3) is 0 Å². The largest absolute Gasteiger partial charge is 0.345 e. The maximum absolute atomic E-state index is 4.83. The lowest BCUT2D eigenvalue weighted by molar-refractivity contribution is 0.590. The predicted molar refractivity (Wildman–Crippen MR) is 116 cm³/mol. The number of aliphatic imine (C=N–C) groups is 2. The van der Waals surface area contributed by atoms with Crippen LogP contribution in [0.4, 0.5) is 5.82 Å². The van der Waals surface area contributed by atoms with Crippen molar-refractivity contribution in [1.82, 2.24) is 4.98 Å². The average molecular weight is 358 g/mol. The number of H-pyrrole nitrogens is 1. The molecule has 0 radical (unpaired) electrons. The Morgan fingerprint density at radius 2 is 1.52 bits per heavy atom. The number of rotatable bonds is 1. The van der Waals surface area contributed by atoms with Gasteiger partial charge in [0.2, 0.25) is 0 Å². The molecule has 2 aromatic carbocycles. The molecular formula is C24H27N3. The van der Waals surface area contributed by atoms with Crippen LogP contribution in [0.5, 0.6) is 0 Å². The van der Waals surface area contributed by atoms with E-state index in [9.17, 15) is 0 Å². The van der Waals surface area contributed by atoms with Crippen LogP contribution in [0, 0.1) is 0 Å². The normalized spacial score (nSPS) is 15.7. The molecule has 1 aliphatic heterocycles. The molecular weight excluding hydrogens is 330 g/mol. The van der Waals surface area contributed by atoms with Crippen molar-refractivity contribution in [2.75, 3.05) is 0 Å². The summed E-state index contributed by atoms with van der Waals surface area (Å²) < 4.78 is 0. The molecule has 0 saturated carbocycles. The second kappa shape index (κ2) is 5.91. The number of aromatic nitrogens is 1. The molecule has 27 heavy (non-hydrogen) atoms. The summed E-state index contributed by atoms with van der Waals surface area (Å²) in [5, 5.41) is 2.32. The van der Waals surface area contributed by atoms with Gasteiger partial charge < -0.3 is 4.98 Å². The fourth-order valence-electron chi connectivity index (χ4n) is 3.42. The van der Waals surface area contributed by atoms with Crippen LogP contribution in [-0.4, -0.2) is 17.0 Å². The highest BCUT2D eigenvalue weighted by atomic mass is 15.0. The monoisotopic (exact) mass is 357 g/mol. The molecule has 0 saturated heterocycles. The molecule has 0 spiro atoms. The molecule has 1 aromatic heterocycles. The van der Waals surface area contributed by atoms with Gasteiger partial charge in [0.05, 0.1) is 0 Å². The van der Waals surface area contributed by atoms with Gasteiger partial charge in [-0.15, -0.1) is 0 Å². The minimum atomic E-state index is 0.128. The summed E-state index contributed by atoms with van der Waals surface area (Å²) in [5.74, 6) is 1.64. The van der Waals surface area contributed by atoms with E-state index in [-0.39, 0.29) is 10.8 Å². The van der Waals surface area contributed by atoms with Gasteiger partial charge in [-0.25, -0.2) is 9.98 Å². The Labute approximate surface area is 161 Å². The van der Waals surface area contributed by atoms with E-state index in [2.05, 4.69) is 87.9 Å². The summed E-state index contributed by atoms with van der Waals surface area (Å²) in [4.78, 5) is 12.7. The van der Waals surface area contributed by atoms with Gasteiger partial charge in [-0.05, 0) is 34.1 Å². The number of fused-ring (bicyclic) bond motifs is 2. The second-order valence-corrected chi connectivity index (χ2v) is 9.43. The van der Waals surface area contributed by atoms with E-state index in [1.807, 2.05) is 12.4 Å². The number of nitrogens with zero attached hydrogens (tertiary/aromatic N) is 2. The van der Waals surface area contributed by atoms with Crippen LogP contribution >= 0.6 is 0 Å². The van der Waals surface area contributed by atoms with E-state index >= 15 is 0 Å². The van der Waals surface area contributed by atoms with Gasteiger partial charge in [0.1, 0.15) is 5.82 Å². The number of hydrogen-bond acceptors (Lipinski definition) is 1. The minimum Gasteiger partial charge on any atom is -0.345 e. The van der Waals surface area contributed by atoms with Crippen molar-refractivity contribution in [2.24, 2.45) is 9.98 Å². The molecule has 0 aliphatic carbocycles. The molecule has 138 valence electrons. The summed E-state index contributed by atoms with van der Waals surface area (Å²) in [6.07, 6.45) is 3.96. The van der Waals surface area contributed by atoms with Crippen LogP contribution < -0.4 is 0 Å². The van der Waals surface area contributed by atoms with E-state index in [0.29, 0.717) is 0 Å². The van der Waals surface area contributed by atoms with Crippen molar-refractivity contribution < 1.29 is 0 Å². The Kier molecular flexibility index (Phi) is 3.88. The fourth-order valence-corrected chi connectivity index (χ4v) is 3.42. The van der Waals surface area contributed by atoms with Crippen molar-refractivity contribution in [3.8, 4) is 0 Å². The zero-order valence-electron chi connectivity index (χ0n) is 17.0. The highest BCUT2D eigenvalue weighted by Crippen LogP contribution is 2.32. The Morgan fingerprint density at radius 3 is 2.22 bits per heavy atom. The van der Waals surface area contributed by atoms with Gasteiger partial charge in [0, 0.05) is 34.3 Å². The molecule has 0 bridgehead atoms. The molecule has 0 unspecified atom stereocenters. The number of nitrogens with one attached hydrogen (secondary N) is 1. The van der Waals surface area contributed by atoms with E-state index < -0.39 is 0 Å². The summed E-state index contributed by atoms with van der Waals surface area (Å²) in [7, 11) is 0. The summed E-state index contributed by atoms with van der Waals surface area (Å²) >= 11 is 0. The molecule has 1 N–H and O–H groups in total. The highest BCUT2D eigenvalue weighted by Gasteiger charge is 2.20. The number of hydrogen-bond donors (Lipinski definition) is 1. The third-order valence-corrected chi connectivity index (χ3v) is 5.24. The Balaban J connectivity index is 1.73. The molecule has 0 atom stereocenters. The van der Waals surface area contributed by atoms with Crippen LogP contribution in [0.2, 0.25) is 0 Å². The van der Waals surface area contributed by atoms with Crippen LogP contribution in [0.15, 0.2) is 52.6 Å². The number of amidine groups is 1. The van der Waals surface area contributed by atoms with Crippen LogP contribution in [0.25, 0.3) is 10.8 Å². The first-order valence-electron chi connectivity index (χ1n) is 9.52. The molecule has 0 fully saturated rings. The molecule has 3 aromatic rings. The summed E-state index contributed by atoms with van der Waals surface area (Å²) in [5.41, 5.74) is 5.14. The molecule has 1 aliphatic rings. The van der Waals surface area contributed by atoms with Crippen molar-refractivity contribution >= 4 is 28.6 Å². The van der Waals surface area contributed by atoms with Crippen molar-refractivity contribution in [2.45, 2.75) is 52.4 Å². The Bertz CT molecular complexity index is 1080. The van der Waals surface area contributed by atoms with Gasteiger partial charge in [-0.1, -0.05) is 65.8 Å². The Morgan fingerprint density at radius 1 is 0.852 bits per heavy atom. The third-order valence-electron chi connectivity index (χ3n) is 5.24. The topological polar surface area (TPSA) is 40.5 Å². The van der Waals surface area contributed by atoms with Gasteiger partial charge in [-0.3, -0.25) is 0 Å². The van der Waals surface area contributed by atoms with E-state index in [0.717, 1.165) is 28.2 Å². The predicted octanol–water partition coefficient (Wildman–Crippen LogP) is 6.27. The van der Waals surface area contributed by atoms with Crippen molar-refractivity contribution in [3.05, 3.63) is 64.8 Å². The van der Waals surface area contributed by atoms with Crippen LogP contribution in [0.1, 0.15) is 63.8 Å². The maximum atomic E-state index is 4.83. The van der Waals surface area contributed by atoms with Crippen molar-refractivity contribution in [1.29, 1.82) is 0 Å². The van der Waals surface area contributed by atoms with Crippen LogP contribution in [0.3, 0.4) is 0 Å².